The van der Waals surface area contributed by atoms with E-state index in [0.717, 1.165) is 19.7 Å². The Morgan fingerprint density at radius 2 is 2.25 bits per heavy atom. The zero-order valence-electron chi connectivity index (χ0n) is 8.21. The van der Waals surface area contributed by atoms with E-state index < -0.39 is 0 Å². The molecule has 0 saturated carbocycles. The molecule has 0 amide bonds. The molecule has 12 heavy (non-hydrogen) atoms. The molecule has 1 saturated heterocycles. The fourth-order valence-electron chi connectivity index (χ4n) is 1.50. The summed E-state index contributed by atoms with van der Waals surface area (Å²) in [6.45, 7) is 8.95. The van der Waals surface area contributed by atoms with E-state index in [4.69, 9.17) is 9.84 Å². The van der Waals surface area contributed by atoms with Gasteiger partial charge >= 0.3 is 0 Å². The highest BCUT2D eigenvalue weighted by atomic mass is 16.5. The molecule has 1 rings (SSSR count). The Bertz CT molecular complexity index is 149. The summed E-state index contributed by atoms with van der Waals surface area (Å²) < 4.78 is 5.50. The molecular formula is C9H19NO2. The molecule has 1 unspecified atom stereocenters. The minimum atomic E-state index is -0.345. The number of hydrogen-bond acceptors (Lipinski definition) is 3. The van der Waals surface area contributed by atoms with Crippen molar-refractivity contribution in [2.75, 3.05) is 26.3 Å². The van der Waals surface area contributed by atoms with Gasteiger partial charge in [0.25, 0.3) is 0 Å². The molecule has 1 aliphatic rings. The van der Waals surface area contributed by atoms with E-state index in [1.807, 2.05) is 6.92 Å². The SMILES string of the molecule is CC(C)N1CCOC(C)(CO)C1. The lowest BCUT2D eigenvalue weighted by Gasteiger charge is -2.41. The van der Waals surface area contributed by atoms with Crippen LogP contribution in [0.25, 0.3) is 0 Å². The van der Waals surface area contributed by atoms with Gasteiger partial charge in [-0.1, -0.05) is 0 Å². The minimum Gasteiger partial charge on any atom is -0.393 e. The summed E-state index contributed by atoms with van der Waals surface area (Å²) in [5.74, 6) is 0. The van der Waals surface area contributed by atoms with Gasteiger partial charge in [0.15, 0.2) is 0 Å². The third-order valence-corrected chi connectivity index (χ3v) is 2.43. The molecule has 72 valence electrons. The van der Waals surface area contributed by atoms with Crippen LogP contribution in [0.4, 0.5) is 0 Å². The Balaban J connectivity index is 2.51. The van der Waals surface area contributed by atoms with Crippen molar-refractivity contribution < 1.29 is 9.84 Å². The lowest BCUT2D eigenvalue weighted by atomic mass is 10.0. The van der Waals surface area contributed by atoms with E-state index in [9.17, 15) is 0 Å². The first-order valence-electron chi connectivity index (χ1n) is 4.56. The normalized spacial score (nSPS) is 32.8. The molecule has 0 bridgehead atoms. The van der Waals surface area contributed by atoms with E-state index in [1.165, 1.54) is 0 Å². The maximum absolute atomic E-state index is 9.10. The minimum absolute atomic E-state index is 0.107. The molecule has 0 aromatic rings. The summed E-state index contributed by atoms with van der Waals surface area (Å²) in [7, 11) is 0. The molecule has 1 aliphatic heterocycles. The van der Waals surface area contributed by atoms with E-state index in [1.54, 1.807) is 0 Å². The van der Waals surface area contributed by atoms with Crippen LogP contribution in [0.1, 0.15) is 20.8 Å². The number of hydrogen-bond donors (Lipinski definition) is 1. The highest BCUT2D eigenvalue weighted by Crippen LogP contribution is 2.18. The summed E-state index contributed by atoms with van der Waals surface area (Å²) in [5.41, 5.74) is -0.345. The van der Waals surface area contributed by atoms with Gasteiger partial charge in [-0.3, -0.25) is 4.90 Å². The number of ether oxygens (including phenoxy) is 1. The van der Waals surface area contributed by atoms with Crippen LogP contribution in [0.3, 0.4) is 0 Å². The molecule has 0 spiro atoms. The van der Waals surface area contributed by atoms with Crippen LogP contribution < -0.4 is 0 Å². The summed E-state index contributed by atoms with van der Waals surface area (Å²) in [6.07, 6.45) is 0. The molecular weight excluding hydrogens is 154 g/mol. The number of rotatable bonds is 2. The second-order valence-corrected chi connectivity index (χ2v) is 4.02. The fourth-order valence-corrected chi connectivity index (χ4v) is 1.50. The average molecular weight is 173 g/mol. The Morgan fingerprint density at radius 3 is 2.75 bits per heavy atom. The topological polar surface area (TPSA) is 32.7 Å². The van der Waals surface area contributed by atoms with Gasteiger partial charge in [0.05, 0.1) is 13.2 Å². The van der Waals surface area contributed by atoms with Crippen molar-refractivity contribution in [3.05, 3.63) is 0 Å². The van der Waals surface area contributed by atoms with Crippen molar-refractivity contribution >= 4 is 0 Å². The number of aliphatic hydroxyl groups is 1. The Labute approximate surface area is 74.3 Å². The molecule has 3 heteroatoms. The van der Waals surface area contributed by atoms with Gasteiger partial charge in [-0.15, -0.1) is 0 Å². The number of nitrogens with zero attached hydrogens (tertiary/aromatic N) is 1. The second kappa shape index (κ2) is 3.73. The number of aliphatic hydroxyl groups excluding tert-OH is 1. The largest absolute Gasteiger partial charge is 0.393 e. The van der Waals surface area contributed by atoms with Crippen LogP contribution in [0.15, 0.2) is 0 Å². The van der Waals surface area contributed by atoms with Crippen molar-refractivity contribution in [3.63, 3.8) is 0 Å². The first kappa shape index (κ1) is 9.96. The first-order chi connectivity index (χ1) is 5.57. The molecule has 1 N–H and O–H groups in total. The Hall–Kier alpha value is -0.120. The quantitative estimate of drug-likeness (QED) is 0.659. The van der Waals surface area contributed by atoms with Gasteiger partial charge in [-0.2, -0.15) is 0 Å². The Kier molecular flexibility index (Phi) is 3.09. The highest BCUT2D eigenvalue weighted by molar-refractivity contribution is 4.84. The Morgan fingerprint density at radius 1 is 1.58 bits per heavy atom. The second-order valence-electron chi connectivity index (χ2n) is 4.02. The average Bonchev–Trinajstić information content (AvgIpc) is 2.05. The maximum atomic E-state index is 9.10. The van der Waals surface area contributed by atoms with E-state index in [0.29, 0.717) is 6.04 Å². The molecule has 1 heterocycles. The van der Waals surface area contributed by atoms with Crippen LogP contribution in [-0.4, -0.2) is 48.0 Å². The van der Waals surface area contributed by atoms with Crippen LogP contribution >= 0.6 is 0 Å². The highest BCUT2D eigenvalue weighted by Gasteiger charge is 2.32. The summed E-state index contributed by atoms with van der Waals surface area (Å²) in [5, 5.41) is 9.10. The van der Waals surface area contributed by atoms with E-state index in [2.05, 4.69) is 18.7 Å². The van der Waals surface area contributed by atoms with Crippen LogP contribution in [0, 0.1) is 0 Å². The lowest BCUT2D eigenvalue weighted by molar-refractivity contribution is -0.127. The van der Waals surface area contributed by atoms with Crippen LogP contribution in [0.5, 0.6) is 0 Å². The molecule has 0 radical (unpaired) electrons. The monoisotopic (exact) mass is 173 g/mol. The van der Waals surface area contributed by atoms with Gasteiger partial charge in [0.2, 0.25) is 0 Å². The van der Waals surface area contributed by atoms with Gasteiger partial charge in [-0.05, 0) is 20.8 Å². The van der Waals surface area contributed by atoms with Crippen molar-refractivity contribution in [1.82, 2.24) is 4.90 Å². The van der Waals surface area contributed by atoms with Gasteiger partial charge in [-0.25, -0.2) is 0 Å². The predicted molar refractivity (Wildman–Crippen MR) is 48.2 cm³/mol. The summed E-state index contributed by atoms with van der Waals surface area (Å²) in [6, 6.07) is 0.541. The molecule has 3 nitrogen and oxygen atoms in total. The molecule has 0 aromatic carbocycles. The summed E-state index contributed by atoms with van der Waals surface area (Å²) >= 11 is 0. The zero-order valence-corrected chi connectivity index (χ0v) is 8.21. The number of morpholine rings is 1. The standard InChI is InChI=1S/C9H19NO2/c1-8(2)10-4-5-12-9(3,6-10)7-11/h8,11H,4-7H2,1-3H3. The van der Waals surface area contributed by atoms with Crippen molar-refractivity contribution in [1.29, 1.82) is 0 Å². The predicted octanol–water partition coefficient (Wildman–Crippen LogP) is 0.478. The van der Waals surface area contributed by atoms with Gasteiger partial charge in [0.1, 0.15) is 5.60 Å². The zero-order chi connectivity index (χ0) is 9.19. The van der Waals surface area contributed by atoms with Gasteiger partial charge < -0.3 is 9.84 Å². The van der Waals surface area contributed by atoms with Crippen molar-refractivity contribution in [2.45, 2.75) is 32.4 Å². The summed E-state index contributed by atoms with van der Waals surface area (Å²) in [4.78, 5) is 2.33. The van der Waals surface area contributed by atoms with Crippen molar-refractivity contribution in [2.24, 2.45) is 0 Å². The maximum Gasteiger partial charge on any atom is 0.101 e. The van der Waals surface area contributed by atoms with Crippen LogP contribution in [-0.2, 0) is 4.74 Å². The van der Waals surface area contributed by atoms with Crippen molar-refractivity contribution in [3.8, 4) is 0 Å². The molecule has 0 aliphatic carbocycles. The smallest absolute Gasteiger partial charge is 0.101 e. The molecule has 1 fully saturated rings. The fraction of sp³-hybridized carbons (Fsp3) is 1.00. The molecule has 0 aromatic heterocycles. The molecule has 1 atom stereocenters. The third-order valence-electron chi connectivity index (χ3n) is 2.43. The van der Waals surface area contributed by atoms with Crippen LogP contribution in [0.2, 0.25) is 0 Å². The van der Waals surface area contributed by atoms with E-state index >= 15 is 0 Å². The lowest BCUT2D eigenvalue weighted by Crippen LogP contribution is -2.54. The van der Waals surface area contributed by atoms with E-state index in [-0.39, 0.29) is 12.2 Å². The first-order valence-corrected chi connectivity index (χ1v) is 4.56. The van der Waals surface area contributed by atoms with Gasteiger partial charge in [0, 0.05) is 19.1 Å². The third kappa shape index (κ3) is 2.19.